The van der Waals surface area contributed by atoms with Crippen LogP contribution in [0.4, 0.5) is 8.78 Å². The molecule has 2 aromatic rings. The number of carbonyl (C=O) groups is 1. The summed E-state index contributed by atoms with van der Waals surface area (Å²) in [6.07, 6.45) is 0.945. The summed E-state index contributed by atoms with van der Waals surface area (Å²) >= 11 is 0. The van der Waals surface area contributed by atoms with Crippen LogP contribution in [-0.2, 0) is 4.79 Å². The van der Waals surface area contributed by atoms with Crippen molar-refractivity contribution in [3.05, 3.63) is 71.3 Å². The molecule has 1 atom stereocenters. The minimum Gasteiger partial charge on any atom is -0.339 e. The molecule has 0 aliphatic carbocycles. The minimum atomic E-state index is -0.275. The number of nitrogens with zero attached hydrogens (tertiary/aromatic N) is 3. The van der Waals surface area contributed by atoms with Gasteiger partial charge in [-0.25, -0.2) is 8.78 Å². The highest BCUT2D eigenvalue weighted by Crippen LogP contribution is 2.30. The number of amides is 1. The molecule has 2 saturated heterocycles. The van der Waals surface area contributed by atoms with Crippen molar-refractivity contribution in [1.29, 1.82) is 0 Å². The molecule has 6 heteroatoms. The maximum Gasteiger partial charge on any atom is 0.240 e. The molecule has 4 rings (SSSR count). The summed E-state index contributed by atoms with van der Waals surface area (Å²) in [5, 5.41) is 0. The van der Waals surface area contributed by atoms with Crippen LogP contribution in [0.2, 0.25) is 0 Å². The number of halogens is 2. The highest BCUT2D eigenvalue weighted by Gasteiger charge is 2.37. The molecular weight excluding hydrogens is 372 g/mol. The number of hydrogen-bond acceptors (Lipinski definition) is 3. The van der Waals surface area contributed by atoms with Gasteiger partial charge in [-0.05, 0) is 48.4 Å². The summed E-state index contributed by atoms with van der Waals surface area (Å²) in [5.41, 5.74) is 1.93. The van der Waals surface area contributed by atoms with Gasteiger partial charge in [0.15, 0.2) is 0 Å². The van der Waals surface area contributed by atoms with E-state index in [0.29, 0.717) is 13.1 Å². The fourth-order valence-corrected chi connectivity index (χ4v) is 4.41. The maximum absolute atomic E-state index is 13.5. The fraction of sp³-hybridized carbons (Fsp3) is 0.435. The topological polar surface area (TPSA) is 26.8 Å². The van der Waals surface area contributed by atoms with Crippen LogP contribution in [0.3, 0.4) is 0 Å². The van der Waals surface area contributed by atoms with Gasteiger partial charge in [-0.2, -0.15) is 0 Å². The molecule has 154 valence electrons. The standard InChI is InChI=1S/C23H27F2N3O/c1-2-26-12-11-21(26)23(29)28-15-13-27(14-16-28)22(17-3-7-19(24)8-4-17)18-5-9-20(25)10-6-18/h3-10,21-22H,2,11-16H2,1H3/t21-/m0/s1. The van der Waals surface area contributed by atoms with Crippen LogP contribution in [0, 0.1) is 11.6 Å². The van der Waals surface area contributed by atoms with Gasteiger partial charge in [-0.3, -0.25) is 14.6 Å². The Morgan fingerprint density at radius 1 is 0.897 bits per heavy atom. The molecule has 2 aliphatic heterocycles. The molecule has 2 aromatic carbocycles. The number of rotatable bonds is 5. The molecular formula is C23H27F2N3O. The van der Waals surface area contributed by atoms with Gasteiger partial charge in [0, 0.05) is 32.7 Å². The Hall–Kier alpha value is -2.31. The van der Waals surface area contributed by atoms with E-state index in [0.717, 1.165) is 43.7 Å². The first kappa shape index (κ1) is 20.0. The van der Waals surface area contributed by atoms with Crippen molar-refractivity contribution in [2.75, 3.05) is 39.3 Å². The summed E-state index contributed by atoms with van der Waals surface area (Å²) in [5.74, 6) is -0.316. The summed E-state index contributed by atoms with van der Waals surface area (Å²) in [7, 11) is 0. The van der Waals surface area contributed by atoms with E-state index < -0.39 is 0 Å². The second-order valence-electron chi connectivity index (χ2n) is 7.80. The Labute approximate surface area is 170 Å². The van der Waals surface area contributed by atoms with E-state index in [4.69, 9.17) is 0 Å². The van der Waals surface area contributed by atoms with E-state index in [1.807, 2.05) is 4.90 Å². The Morgan fingerprint density at radius 3 is 1.83 bits per heavy atom. The first-order chi connectivity index (χ1) is 14.1. The number of likely N-dealkylation sites (tertiary alicyclic amines) is 1. The molecule has 0 bridgehead atoms. The van der Waals surface area contributed by atoms with Gasteiger partial charge in [0.1, 0.15) is 11.6 Å². The Balaban J connectivity index is 1.50. The van der Waals surface area contributed by atoms with Gasteiger partial charge >= 0.3 is 0 Å². The number of likely N-dealkylation sites (N-methyl/N-ethyl adjacent to an activating group) is 1. The Morgan fingerprint density at radius 2 is 1.41 bits per heavy atom. The molecule has 1 amide bonds. The molecule has 0 unspecified atom stereocenters. The smallest absolute Gasteiger partial charge is 0.240 e. The quantitative estimate of drug-likeness (QED) is 0.772. The first-order valence-electron chi connectivity index (χ1n) is 10.3. The predicted octanol–water partition coefficient (Wildman–Crippen LogP) is 3.29. The van der Waals surface area contributed by atoms with Crippen LogP contribution in [0.15, 0.2) is 48.5 Å². The maximum atomic E-state index is 13.5. The van der Waals surface area contributed by atoms with Crippen molar-refractivity contribution in [3.63, 3.8) is 0 Å². The lowest BCUT2D eigenvalue weighted by molar-refractivity contribution is -0.143. The van der Waals surface area contributed by atoms with Crippen LogP contribution in [-0.4, -0.2) is 65.9 Å². The highest BCUT2D eigenvalue weighted by molar-refractivity contribution is 5.83. The van der Waals surface area contributed by atoms with Gasteiger partial charge < -0.3 is 4.90 Å². The molecule has 0 spiro atoms. The van der Waals surface area contributed by atoms with Gasteiger partial charge in [-0.15, -0.1) is 0 Å². The fourth-order valence-electron chi connectivity index (χ4n) is 4.41. The third-order valence-corrected chi connectivity index (χ3v) is 6.18. The van der Waals surface area contributed by atoms with E-state index in [9.17, 15) is 13.6 Å². The largest absolute Gasteiger partial charge is 0.339 e. The van der Waals surface area contributed by atoms with Gasteiger partial charge in [-0.1, -0.05) is 31.2 Å². The van der Waals surface area contributed by atoms with Crippen LogP contribution < -0.4 is 0 Å². The van der Waals surface area contributed by atoms with Crippen LogP contribution >= 0.6 is 0 Å². The van der Waals surface area contributed by atoms with Crippen LogP contribution in [0.5, 0.6) is 0 Å². The van der Waals surface area contributed by atoms with Crippen molar-refractivity contribution in [1.82, 2.24) is 14.7 Å². The van der Waals surface area contributed by atoms with Crippen molar-refractivity contribution in [2.45, 2.75) is 25.4 Å². The van der Waals surface area contributed by atoms with Gasteiger partial charge in [0.2, 0.25) is 5.91 Å². The SMILES string of the molecule is CCN1CC[C@H]1C(=O)N1CCN(C(c2ccc(F)cc2)c2ccc(F)cc2)CC1. The molecule has 0 N–H and O–H groups in total. The minimum absolute atomic E-state index is 0.0385. The van der Waals surface area contributed by atoms with Crippen molar-refractivity contribution in [2.24, 2.45) is 0 Å². The number of carbonyl (C=O) groups excluding carboxylic acids is 1. The van der Waals surface area contributed by atoms with Crippen molar-refractivity contribution < 1.29 is 13.6 Å². The second kappa shape index (κ2) is 8.59. The molecule has 0 radical (unpaired) electrons. The van der Waals surface area contributed by atoms with E-state index in [2.05, 4.69) is 16.7 Å². The average Bonchev–Trinajstić information content (AvgIpc) is 2.71. The van der Waals surface area contributed by atoms with Gasteiger partial charge in [0.25, 0.3) is 0 Å². The van der Waals surface area contributed by atoms with E-state index in [1.54, 1.807) is 24.3 Å². The number of benzene rings is 2. The van der Waals surface area contributed by atoms with E-state index in [1.165, 1.54) is 24.3 Å². The van der Waals surface area contributed by atoms with Crippen molar-refractivity contribution in [3.8, 4) is 0 Å². The zero-order chi connectivity index (χ0) is 20.4. The first-order valence-corrected chi connectivity index (χ1v) is 10.3. The monoisotopic (exact) mass is 399 g/mol. The predicted molar refractivity (Wildman–Crippen MR) is 108 cm³/mol. The Kier molecular flexibility index (Phi) is 5.92. The molecule has 4 nitrogen and oxygen atoms in total. The van der Waals surface area contributed by atoms with Gasteiger partial charge in [0.05, 0.1) is 12.1 Å². The van der Waals surface area contributed by atoms with E-state index in [-0.39, 0.29) is 29.6 Å². The lowest BCUT2D eigenvalue weighted by Crippen LogP contribution is -2.60. The third-order valence-electron chi connectivity index (χ3n) is 6.18. The lowest BCUT2D eigenvalue weighted by Gasteiger charge is -2.45. The molecule has 0 saturated carbocycles. The molecule has 2 fully saturated rings. The average molecular weight is 399 g/mol. The van der Waals surface area contributed by atoms with Crippen LogP contribution in [0.25, 0.3) is 0 Å². The zero-order valence-electron chi connectivity index (χ0n) is 16.7. The molecule has 29 heavy (non-hydrogen) atoms. The Bertz CT molecular complexity index is 785. The summed E-state index contributed by atoms with van der Waals surface area (Å²) in [6, 6.07) is 12.9. The van der Waals surface area contributed by atoms with Crippen molar-refractivity contribution >= 4 is 5.91 Å². The highest BCUT2D eigenvalue weighted by atomic mass is 19.1. The third kappa shape index (κ3) is 4.19. The second-order valence-corrected chi connectivity index (χ2v) is 7.80. The molecule has 2 aliphatic rings. The zero-order valence-corrected chi connectivity index (χ0v) is 16.7. The summed E-state index contributed by atoms with van der Waals surface area (Å²) in [6.45, 7) is 6.80. The normalized spacial score (nSPS) is 20.7. The number of piperazine rings is 1. The summed E-state index contributed by atoms with van der Waals surface area (Å²) < 4.78 is 26.9. The number of hydrogen-bond donors (Lipinski definition) is 0. The summed E-state index contributed by atoms with van der Waals surface area (Å²) in [4.78, 5) is 19.3. The molecule has 2 heterocycles. The van der Waals surface area contributed by atoms with Crippen LogP contribution in [0.1, 0.15) is 30.5 Å². The lowest BCUT2D eigenvalue weighted by atomic mass is 9.96. The molecule has 0 aromatic heterocycles. The van der Waals surface area contributed by atoms with E-state index >= 15 is 0 Å².